The van der Waals surface area contributed by atoms with Crippen LogP contribution in [0.2, 0.25) is 0 Å². The van der Waals surface area contributed by atoms with Gasteiger partial charge in [-0.05, 0) is 19.3 Å². The van der Waals surface area contributed by atoms with Gasteiger partial charge in [0.25, 0.3) is 0 Å². The molecule has 0 aromatic rings. The summed E-state index contributed by atoms with van der Waals surface area (Å²) in [6.07, 6.45) is 8.71. The fourth-order valence-electron chi connectivity index (χ4n) is 1.91. The fourth-order valence-corrected chi connectivity index (χ4v) is 1.91. The highest BCUT2D eigenvalue weighted by molar-refractivity contribution is 5.70. The van der Waals surface area contributed by atoms with Gasteiger partial charge in [0.05, 0.1) is 20.1 Å². The van der Waals surface area contributed by atoms with E-state index < -0.39 is 0 Å². The molecule has 0 unspecified atom stereocenters. The van der Waals surface area contributed by atoms with Crippen molar-refractivity contribution in [1.82, 2.24) is 0 Å². The first-order chi connectivity index (χ1) is 6.66. The Labute approximate surface area is 85.6 Å². The molecule has 0 aromatic carbocycles. The lowest BCUT2D eigenvalue weighted by Crippen LogP contribution is -2.51. The average Bonchev–Trinajstić information content (AvgIpc) is 2.15. The van der Waals surface area contributed by atoms with Crippen LogP contribution >= 0.6 is 0 Å². The van der Waals surface area contributed by atoms with E-state index in [9.17, 15) is 4.79 Å². The van der Waals surface area contributed by atoms with Crippen molar-refractivity contribution in [3.63, 3.8) is 0 Å². The summed E-state index contributed by atoms with van der Waals surface area (Å²) in [5.74, 6) is 2.12. The summed E-state index contributed by atoms with van der Waals surface area (Å²) in [6, 6.07) is 0. The van der Waals surface area contributed by atoms with Crippen LogP contribution in [0.1, 0.15) is 19.3 Å². The smallest absolute Gasteiger partial charge is 0.362 e. The summed E-state index contributed by atoms with van der Waals surface area (Å²) < 4.78 is 5.68. The Morgan fingerprint density at radius 1 is 1.43 bits per heavy atom. The third-order valence-electron chi connectivity index (χ3n) is 2.72. The van der Waals surface area contributed by atoms with Crippen molar-refractivity contribution in [1.29, 1.82) is 0 Å². The molecule has 0 N–H and O–H groups in total. The van der Waals surface area contributed by atoms with Crippen molar-refractivity contribution in [2.75, 3.05) is 33.3 Å². The lowest BCUT2D eigenvalue weighted by Gasteiger charge is -2.36. The topological polar surface area (TPSA) is 26.3 Å². The lowest BCUT2D eigenvalue weighted by molar-refractivity contribution is -0.907. The highest BCUT2D eigenvalue weighted by Crippen LogP contribution is 2.15. The molecular weight excluding hydrogens is 178 g/mol. The molecule has 1 fully saturated rings. The summed E-state index contributed by atoms with van der Waals surface area (Å²) in [4.78, 5) is 11.3. The highest BCUT2D eigenvalue weighted by atomic mass is 16.5. The van der Waals surface area contributed by atoms with Crippen LogP contribution in [0.25, 0.3) is 0 Å². The molecule has 1 rings (SSSR count). The van der Waals surface area contributed by atoms with E-state index in [1.165, 1.54) is 19.3 Å². The van der Waals surface area contributed by atoms with Crippen LogP contribution in [0.4, 0.5) is 0 Å². The monoisotopic (exact) mass is 196 g/mol. The fraction of sp³-hybridized carbons (Fsp3) is 0.727. The number of terminal acetylenes is 1. The molecule has 3 heteroatoms. The predicted molar refractivity (Wildman–Crippen MR) is 54.4 cm³/mol. The van der Waals surface area contributed by atoms with E-state index in [2.05, 4.69) is 13.0 Å². The molecular formula is C11H18NO2+. The number of likely N-dealkylation sites (N-methyl/N-ethyl adjacent to an activating group) is 1. The van der Waals surface area contributed by atoms with Crippen molar-refractivity contribution in [3.8, 4) is 12.3 Å². The van der Waals surface area contributed by atoms with Crippen LogP contribution in [0, 0.1) is 12.3 Å². The first-order valence-corrected chi connectivity index (χ1v) is 5.09. The Morgan fingerprint density at radius 2 is 2.07 bits per heavy atom. The van der Waals surface area contributed by atoms with Crippen molar-refractivity contribution >= 4 is 5.97 Å². The van der Waals surface area contributed by atoms with Crippen LogP contribution in [-0.2, 0) is 9.53 Å². The highest BCUT2D eigenvalue weighted by Gasteiger charge is 2.28. The predicted octanol–water partition coefficient (Wildman–Crippen LogP) is 0.793. The zero-order valence-corrected chi connectivity index (χ0v) is 8.79. The molecule has 1 saturated heterocycles. The number of esters is 1. The third-order valence-corrected chi connectivity index (χ3v) is 2.72. The molecule has 0 spiro atoms. The van der Waals surface area contributed by atoms with Gasteiger partial charge in [-0.1, -0.05) is 5.92 Å². The molecule has 14 heavy (non-hydrogen) atoms. The standard InChI is InChI=1S/C11H18NO2/c1-3-9-14-11(13)10-12(2)7-5-4-6-8-12/h1H,4-10H2,2H3/q+1. The number of hydrogen-bond acceptors (Lipinski definition) is 2. The van der Waals surface area contributed by atoms with Gasteiger partial charge in [-0.15, -0.1) is 6.42 Å². The van der Waals surface area contributed by atoms with E-state index in [1.54, 1.807) is 0 Å². The van der Waals surface area contributed by atoms with Crippen molar-refractivity contribution in [2.24, 2.45) is 0 Å². The molecule has 0 radical (unpaired) electrons. The van der Waals surface area contributed by atoms with Crippen molar-refractivity contribution in [2.45, 2.75) is 19.3 Å². The summed E-state index contributed by atoms with van der Waals surface area (Å²) >= 11 is 0. The van der Waals surface area contributed by atoms with Crippen LogP contribution < -0.4 is 0 Å². The second-order valence-electron chi connectivity index (χ2n) is 4.15. The maximum atomic E-state index is 11.3. The van der Waals surface area contributed by atoms with E-state index in [4.69, 9.17) is 11.2 Å². The number of ether oxygens (including phenoxy) is 1. The number of carbonyl (C=O) groups excluding carboxylic acids is 1. The van der Waals surface area contributed by atoms with Gasteiger partial charge in [0.15, 0.2) is 13.2 Å². The number of quaternary nitrogens is 1. The second-order valence-corrected chi connectivity index (χ2v) is 4.15. The van der Waals surface area contributed by atoms with Gasteiger partial charge in [-0.3, -0.25) is 0 Å². The molecule has 0 bridgehead atoms. The van der Waals surface area contributed by atoms with Gasteiger partial charge in [0.2, 0.25) is 0 Å². The molecule has 0 aliphatic carbocycles. The lowest BCUT2D eigenvalue weighted by atomic mass is 10.1. The molecule has 1 heterocycles. The van der Waals surface area contributed by atoms with E-state index in [0.29, 0.717) is 6.54 Å². The first kappa shape index (κ1) is 11.1. The molecule has 0 amide bonds. The number of likely N-dealkylation sites (tertiary alicyclic amines) is 1. The number of nitrogens with zero attached hydrogens (tertiary/aromatic N) is 1. The number of hydrogen-bond donors (Lipinski definition) is 0. The molecule has 0 saturated carbocycles. The molecule has 78 valence electrons. The van der Waals surface area contributed by atoms with E-state index in [1.807, 2.05) is 0 Å². The van der Waals surface area contributed by atoms with E-state index in [-0.39, 0.29) is 12.6 Å². The Hall–Kier alpha value is -1.01. The number of rotatable bonds is 3. The zero-order chi connectivity index (χ0) is 10.4. The summed E-state index contributed by atoms with van der Waals surface area (Å²) in [5, 5.41) is 0. The van der Waals surface area contributed by atoms with Gasteiger partial charge in [-0.25, -0.2) is 4.79 Å². The van der Waals surface area contributed by atoms with Crippen LogP contribution in [0.3, 0.4) is 0 Å². The SMILES string of the molecule is C#CCOC(=O)C[N+]1(C)CCCCC1. The molecule has 3 nitrogen and oxygen atoms in total. The number of carbonyl (C=O) groups is 1. The second kappa shape index (κ2) is 5.02. The molecule has 0 aromatic heterocycles. The minimum atomic E-state index is -0.174. The largest absolute Gasteiger partial charge is 0.448 e. The quantitative estimate of drug-likeness (QED) is 0.379. The summed E-state index contributed by atoms with van der Waals surface area (Å²) in [7, 11) is 2.11. The van der Waals surface area contributed by atoms with Gasteiger partial charge in [0, 0.05) is 0 Å². The summed E-state index contributed by atoms with van der Waals surface area (Å²) in [5.41, 5.74) is 0. The average molecular weight is 196 g/mol. The van der Waals surface area contributed by atoms with Crippen LogP contribution in [0.15, 0.2) is 0 Å². The third kappa shape index (κ3) is 3.39. The Balaban J connectivity index is 2.34. The number of piperidine rings is 1. The van der Waals surface area contributed by atoms with Crippen LogP contribution in [-0.4, -0.2) is 43.7 Å². The Bertz CT molecular complexity index is 236. The first-order valence-electron chi connectivity index (χ1n) is 5.09. The van der Waals surface area contributed by atoms with Gasteiger partial charge < -0.3 is 9.22 Å². The maximum absolute atomic E-state index is 11.3. The molecule has 1 aliphatic rings. The van der Waals surface area contributed by atoms with E-state index in [0.717, 1.165) is 17.6 Å². The normalized spacial score (nSPS) is 19.7. The Kier molecular flexibility index (Phi) is 3.97. The molecule has 1 aliphatic heterocycles. The minimum absolute atomic E-state index is 0.0961. The maximum Gasteiger partial charge on any atom is 0.362 e. The van der Waals surface area contributed by atoms with Crippen molar-refractivity contribution in [3.05, 3.63) is 0 Å². The van der Waals surface area contributed by atoms with Crippen molar-refractivity contribution < 1.29 is 14.0 Å². The minimum Gasteiger partial charge on any atom is -0.448 e. The van der Waals surface area contributed by atoms with Gasteiger partial charge in [-0.2, -0.15) is 0 Å². The van der Waals surface area contributed by atoms with E-state index >= 15 is 0 Å². The van der Waals surface area contributed by atoms with Gasteiger partial charge in [0.1, 0.15) is 0 Å². The Morgan fingerprint density at radius 3 is 2.64 bits per heavy atom. The zero-order valence-electron chi connectivity index (χ0n) is 8.79. The molecule has 0 atom stereocenters. The van der Waals surface area contributed by atoms with Crippen LogP contribution in [0.5, 0.6) is 0 Å². The summed E-state index contributed by atoms with van der Waals surface area (Å²) in [6.45, 7) is 2.71. The van der Waals surface area contributed by atoms with Gasteiger partial charge >= 0.3 is 5.97 Å².